The zero-order chi connectivity index (χ0) is 30.5. The molecule has 0 radical (unpaired) electrons. The summed E-state index contributed by atoms with van der Waals surface area (Å²) in [6, 6.07) is 16.0. The second-order valence-electron chi connectivity index (χ2n) is 12.0. The van der Waals surface area contributed by atoms with E-state index >= 15 is 0 Å². The lowest BCUT2D eigenvalue weighted by Crippen LogP contribution is -2.31. The van der Waals surface area contributed by atoms with Gasteiger partial charge in [0.1, 0.15) is 17.9 Å². The van der Waals surface area contributed by atoms with Gasteiger partial charge in [-0.1, -0.05) is 30.3 Å². The quantitative estimate of drug-likeness (QED) is 0.223. The van der Waals surface area contributed by atoms with Gasteiger partial charge in [0.15, 0.2) is 11.6 Å². The molecule has 8 nitrogen and oxygen atoms in total. The van der Waals surface area contributed by atoms with Crippen LogP contribution >= 0.6 is 0 Å². The molecule has 5 aromatic rings. The fourth-order valence-corrected chi connectivity index (χ4v) is 6.69. The van der Waals surface area contributed by atoms with Gasteiger partial charge in [-0.3, -0.25) is 4.90 Å². The van der Waals surface area contributed by atoms with Crippen molar-refractivity contribution in [3.63, 3.8) is 0 Å². The minimum absolute atomic E-state index is 0.0847. The van der Waals surface area contributed by atoms with Gasteiger partial charge in [0.05, 0.1) is 17.2 Å². The van der Waals surface area contributed by atoms with Gasteiger partial charge >= 0.3 is 5.69 Å². The molecule has 1 atom stereocenters. The Morgan fingerprint density at radius 3 is 2.64 bits per heavy atom. The summed E-state index contributed by atoms with van der Waals surface area (Å²) in [5.41, 5.74) is 2.83. The fraction of sp³-hybridized carbons (Fsp3) is 0.303. The highest BCUT2D eigenvalue weighted by molar-refractivity contribution is 5.76. The van der Waals surface area contributed by atoms with Crippen LogP contribution in [0.5, 0.6) is 11.5 Å². The summed E-state index contributed by atoms with van der Waals surface area (Å²) in [5, 5.41) is 0. The maximum Gasteiger partial charge on any atom is 0.323 e. The standard InChI is InChI=1S/C33H31F3N6O2/c1-32(35,36)25-5-3-2-4-23(25)24-15-22(34)7-9-28(24)44-29-16-37-20-38-30(29)42-13-11-33(19-42)10-12-41(18-33)17-21-6-8-26-27(14-21)40-31(43)39-26/h2-9,14-16,20H,10-13,17-19H2,1H3,(H2,39,40,43). The Morgan fingerprint density at radius 1 is 0.955 bits per heavy atom. The lowest BCUT2D eigenvalue weighted by molar-refractivity contribution is 0.0181. The first kappa shape index (κ1) is 28.1. The van der Waals surface area contributed by atoms with E-state index in [-0.39, 0.29) is 33.5 Å². The number of ether oxygens (including phenoxy) is 1. The van der Waals surface area contributed by atoms with E-state index in [0.29, 0.717) is 11.6 Å². The van der Waals surface area contributed by atoms with Crippen molar-refractivity contribution in [1.29, 1.82) is 0 Å². The first-order valence-electron chi connectivity index (χ1n) is 14.6. The number of likely N-dealkylation sites (tertiary alicyclic amines) is 1. The number of imidazole rings is 1. The molecule has 0 saturated carbocycles. The van der Waals surface area contributed by atoms with E-state index in [2.05, 4.69) is 29.7 Å². The molecule has 3 aromatic carbocycles. The maximum atomic E-state index is 14.5. The largest absolute Gasteiger partial charge is 0.451 e. The summed E-state index contributed by atoms with van der Waals surface area (Å²) in [7, 11) is 0. The predicted molar refractivity (Wildman–Crippen MR) is 162 cm³/mol. The minimum atomic E-state index is -3.13. The zero-order valence-corrected chi connectivity index (χ0v) is 24.1. The van der Waals surface area contributed by atoms with Gasteiger partial charge in [-0.15, -0.1) is 0 Å². The number of H-pyrrole nitrogens is 2. The molecule has 0 aliphatic carbocycles. The Bertz CT molecular complexity index is 1900. The second kappa shape index (κ2) is 10.8. The highest BCUT2D eigenvalue weighted by Gasteiger charge is 2.44. The normalized spacial score (nSPS) is 19.0. The van der Waals surface area contributed by atoms with Gasteiger partial charge in [0, 0.05) is 49.6 Å². The van der Waals surface area contributed by atoms with Gasteiger partial charge in [-0.2, -0.15) is 0 Å². The fourth-order valence-electron chi connectivity index (χ4n) is 6.69. The van der Waals surface area contributed by atoms with E-state index in [1.54, 1.807) is 18.3 Å². The van der Waals surface area contributed by atoms with E-state index in [1.807, 2.05) is 18.2 Å². The number of hydrogen-bond acceptors (Lipinski definition) is 6. The molecule has 2 fully saturated rings. The lowest BCUT2D eigenvalue weighted by atomic mass is 9.86. The summed E-state index contributed by atoms with van der Waals surface area (Å²) >= 11 is 0. The third-order valence-corrected chi connectivity index (χ3v) is 8.75. The van der Waals surface area contributed by atoms with E-state index in [9.17, 15) is 18.0 Å². The van der Waals surface area contributed by atoms with Gasteiger partial charge in [0.2, 0.25) is 0 Å². The van der Waals surface area contributed by atoms with Crippen LogP contribution in [0.4, 0.5) is 19.0 Å². The van der Waals surface area contributed by atoms with Crippen molar-refractivity contribution < 1.29 is 17.9 Å². The van der Waals surface area contributed by atoms with Crippen molar-refractivity contribution in [1.82, 2.24) is 24.8 Å². The molecule has 2 saturated heterocycles. The smallest absolute Gasteiger partial charge is 0.323 e. The number of fused-ring (bicyclic) bond motifs is 1. The van der Waals surface area contributed by atoms with Gasteiger partial charge in [-0.05, 0) is 60.8 Å². The number of nitrogens with one attached hydrogen (secondary N) is 2. The average molecular weight is 601 g/mol. The third-order valence-electron chi connectivity index (χ3n) is 8.75. The molecule has 7 rings (SSSR count). The Kier molecular flexibility index (Phi) is 6.92. The van der Waals surface area contributed by atoms with Crippen LogP contribution in [-0.2, 0) is 12.5 Å². The Labute approximate surface area is 251 Å². The van der Waals surface area contributed by atoms with Crippen LogP contribution in [0.1, 0.15) is 30.9 Å². The van der Waals surface area contributed by atoms with E-state index in [1.165, 1.54) is 36.7 Å². The van der Waals surface area contributed by atoms with Crippen LogP contribution in [0.15, 0.2) is 78.0 Å². The predicted octanol–water partition coefficient (Wildman–Crippen LogP) is 6.46. The van der Waals surface area contributed by atoms with Crippen molar-refractivity contribution >= 4 is 16.9 Å². The van der Waals surface area contributed by atoms with Crippen molar-refractivity contribution in [2.45, 2.75) is 32.2 Å². The number of alkyl halides is 2. The van der Waals surface area contributed by atoms with Crippen molar-refractivity contribution in [3.05, 3.63) is 101 Å². The summed E-state index contributed by atoms with van der Waals surface area (Å²) in [4.78, 5) is 30.6. The Hall–Kier alpha value is -4.64. The SMILES string of the molecule is CC(F)(F)c1ccccc1-c1cc(F)ccc1Oc1cncnc1N1CCC2(CCN(Cc3ccc4[nH]c(=O)[nH]c4c3)C2)C1. The van der Waals surface area contributed by atoms with Crippen LogP contribution in [0.25, 0.3) is 22.2 Å². The van der Waals surface area contributed by atoms with Crippen LogP contribution in [-0.4, -0.2) is 51.0 Å². The molecule has 44 heavy (non-hydrogen) atoms. The van der Waals surface area contributed by atoms with E-state index in [0.717, 1.165) is 69.1 Å². The van der Waals surface area contributed by atoms with E-state index in [4.69, 9.17) is 4.74 Å². The number of halogens is 3. The third kappa shape index (κ3) is 5.43. The van der Waals surface area contributed by atoms with Crippen LogP contribution in [0.3, 0.4) is 0 Å². The van der Waals surface area contributed by atoms with Crippen molar-refractivity contribution in [3.8, 4) is 22.6 Å². The molecule has 2 aliphatic heterocycles. The molecular formula is C33H31F3N6O2. The maximum absolute atomic E-state index is 14.5. The highest BCUT2D eigenvalue weighted by atomic mass is 19.3. The molecule has 2 aromatic heterocycles. The average Bonchev–Trinajstić information content (AvgIpc) is 3.71. The number of rotatable bonds is 7. The summed E-state index contributed by atoms with van der Waals surface area (Å²) < 4.78 is 49.8. The van der Waals surface area contributed by atoms with Gasteiger partial charge in [-0.25, -0.2) is 27.9 Å². The lowest BCUT2D eigenvalue weighted by Gasteiger charge is -2.26. The molecule has 0 amide bonds. The number of hydrogen-bond donors (Lipinski definition) is 2. The summed E-state index contributed by atoms with van der Waals surface area (Å²) in [6.45, 7) is 5.06. The molecule has 1 unspecified atom stereocenters. The number of aromatic amines is 2. The Balaban J connectivity index is 1.11. The van der Waals surface area contributed by atoms with Crippen LogP contribution in [0.2, 0.25) is 0 Å². The first-order valence-corrected chi connectivity index (χ1v) is 14.6. The highest BCUT2D eigenvalue weighted by Crippen LogP contribution is 2.45. The molecular weight excluding hydrogens is 569 g/mol. The molecule has 4 heterocycles. The molecule has 0 bridgehead atoms. The molecule has 2 aliphatic rings. The number of aromatic nitrogens is 4. The summed E-state index contributed by atoms with van der Waals surface area (Å²) in [5.74, 6) is -2.46. The number of nitrogens with zero attached hydrogens (tertiary/aromatic N) is 4. The zero-order valence-electron chi connectivity index (χ0n) is 24.1. The second-order valence-corrected chi connectivity index (χ2v) is 12.0. The van der Waals surface area contributed by atoms with E-state index < -0.39 is 11.7 Å². The first-order chi connectivity index (χ1) is 21.2. The monoisotopic (exact) mass is 600 g/mol. The Morgan fingerprint density at radius 2 is 1.77 bits per heavy atom. The molecule has 11 heteroatoms. The van der Waals surface area contributed by atoms with Crippen LogP contribution in [0, 0.1) is 11.2 Å². The topological polar surface area (TPSA) is 90.1 Å². The van der Waals surface area contributed by atoms with Gasteiger partial charge in [0.25, 0.3) is 5.92 Å². The van der Waals surface area contributed by atoms with Crippen molar-refractivity contribution in [2.75, 3.05) is 31.1 Å². The summed E-state index contributed by atoms with van der Waals surface area (Å²) in [6.07, 6.45) is 5.05. The molecule has 1 spiro atoms. The van der Waals surface area contributed by atoms with Crippen LogP contribution < -0.4 is 15.3 Å². The minimum Gasteiger partial charge on any atom is -0.451 e. The molecule has 2 N–H and O–H groups in total. The molecule has 226 valence electrons. The number of benzene rings is 3. The van der Waals surface area contributed by atoms with Gasteiger partial charge < -0.3 is 19.6 Å². The number of anilines is 1. The van der Waals surface area contributed by atoms with Crippen molar-refractivity contribution in [2.24, 2.45) is 5.41 Å².